The van der Waals surface area contributed by atoms with Crippen LogP contribution in [0.4, 0.5) is 11.5 Å². The van der Waals surface area contributed by atoms with E-state index < -0.39 is 0 Å². The average Bonchev–Trinajstić information content (AvgIpc) is 2.68. The SMILES string of the molecule is CCc1nn(C)c(NCCC2CCC(C)CC2)c1N. The molecule has 0 atom stereocenters. The van der Waals surface area contributed by atoms with Gasteiger partial charge in [0.2, 0.25) is 0 Å². The summed E-state index contributed by atoms with van der Waals surface area (Å²) in [6.45, 7) is 5.47. The van der Waals surface area contributed by atoms with Crippen molar-refractivity contribution in [3.63, 3.8) is 0 Å². The van der Waals surface area contributed by atoms with E-state index in [0.29, 0.717) is 0 Å². The molecule has 0 aromatic carbocycles. The number of hydrogen-bond acceptors (Lipinski definition) is 3. The molecule has 1 heterocycles. The first-order valence-corrected chi connectivity index (χ1v) is 7.67. The van der Waals surface area contributed by atoms with Gasteiger partial charge in [-0.15, -0.1) is 0 Å². The Hall–Kier alpha value is -1.19. The van der Waals surface area contributed by atoms with E-state index in [2.05, 4.69) is 24.3 Å². The predicted molar refractivity (Wildman–Crippen MR) is 81.2 cm³/mol. The van der Waals surface area contributed by atoms with Crippen LogP contribution < -0.4 is 11.1 Å². The molecule has 1 fully saturated rings. The summed E-state index contributed by atoms with van der Waals surface area (Å²) < 4.78 is 1.87. The van der Waals surface area contributed by atoms with Crippen LogP contribution >= 0.6 is 0 Å². The molecule has 2 rings (SSSR count). The van der Waals surface area contributed by atoms with E-state index in [1.807, 2.05) is 11.7 Å². The molecular weight excluding hydrogens is 236 g/mol. The van der Waals surface area contributed by atoms with Crippen LogP contribution in [0.25, 0.3) is 0 Å². The Morgan fingerprint density at radius 1 is 1.32 bits per heavy atom. The number of aromatic nitrogens is 2. The van der Waals surface area contributed by atoms with Crippen LogP contribution in [0.2, 0.25) is 0 Å². The lowest BCUT2D eigenvalue weighted by Crippen LogP contribution is -2.16. The molecular formula is C15H28N4. The molecule has 4 nitrogen and oxygen atoms in total. The van der Waals surface area contributed by atoms with E-state index in [1.54, 1.807) is 0 Å². The molecule has 19 heavy (non-hydrogen) atoms. The zero-order valence-corrected chi connectivity index (χ0v) is 12.6. The minimum Gasteiger partial charge on any atom is -0.394 e. The van der Waals surface area contributed by atoms with Gasteiger partial charge in [0.15, 0.2) is 0 Å². The van der Waals surface area contributed by atoms with Crippen LogP contribution in [0.5, 0.6) is 0 Å². The fourth-order valence-corrected chi connectivity index (χ4v) is 3.08. The molecule has 0 amide bonds. The van der Waals surface area contributed by atoms with Crippen molar-refractivity contribution in [3.05, 3.63) is 5.69 Å². The standard InChI is InChI=1S/C15H28N4/c1-4-13-14(16)15(19(3)18-13)17-10-9-12-7-5-11(2)6-8-12/h11-12,17H,4-10,16H2,1-3H3. The molecule has 1 saturated carbocycles. The zero-order valence-electron chi connectivity index (χ0n) is 12.6. The molecule has 0 unspecified atom stereocenters. The van der Waals surface area contributed by atoms with Gasteiger partial charge in [0, 0.05) is 13.6 Å². The van der Waals surface area contributed by atoms with Gasteiger partial charge in [0.05, 0.1) is 11.4 Å². The number of nitrogens with one attached hydrogen (secondary N) is 1. The molecule has 0 aliphatic heterocycles. The highest BCUT2D eigenvalue weighted by Crippen LogP contribution is 2.30. The smallest absolute Gasteiger partial charge is 0.147 e. The lowest BCUT2D eigenvalue weighted by atomic mass is 9.81. The second-order valence-electron chi connectivity index (χ2n) is 6.03. The van der Waals surface area contributed by atoms with Crippen LogP contribution in [0, 0.1) is 11.8 Å². The molecule has 0 spiro atoms. The quantitative estimate of drug-likeness (QED) is 0.858. The molecule has 1 aliphatic rings. The van der Waals surface area contributed by atoms with Crippen LogP contribution in [0.15, 0.2) is 0 Å². The molecule has 1 aromatic heterocycles. The molecule has 0 radical (unpaired) electrons. The molecule has 3 N–H and O–H groups in total. The third-order valence-corrected chi connectivity index (χ3v) is 4.48. The molecule has 4 heteroatoms. The van der Waals surface area contributed by atoms with Gasteiger partial charge in [-0.25, -0.2) is 0 Å². The number of nitrogens with zero attached hydrogens (tertiary/aromatic N) is 2. The second-order valence-corrected chi connectivity index (χ2v) is 6.03. The number of nitrogens with two attached hydrogens (primary N) is 1. The number of rotatable bonds is 5. The fourth-order valence-electron chi connectivity index (χ4n) is 3.08. The maximum atomic E-state index is 6.11. The maximum absolute atomic E-state index is 6.11. The summed E-state index contributed by atoms with van der Waals surface area (Å²) in [7, 11) is 1.96. The van der Waals surface area contributed by atoms with Crippen LogP contribution in [-0.4, -0.2) is 16.3 Å². The lowest BCUT2D eigenvalue weighted by Gasteiger charge is -2.26. The first-order chi connectivity index (χ1) is 9.11. The summed E-state index contributed by atoms with van der Waals surface area (Å²) in [6.07, 6.45) is 7.73. The topological polar surface area (TPSA) is 55.9 Å². The highest BCUT2D eigenvalue weighted by molar-refractivity contribution is 5.64. The highest BCUT2D eigenvalue weighted by atomic mass is 15.3. The van der Waals surface area contributed by atoms with Gasteiger partial charge in [0.25, 0.3) is 0 Å². The summed E-state index contributed by atoms with van der Waals surface area (Å²) in [6, 6.07) is 0. The lowest BCUT2D eigenvalue weighted by molar-refractivity contribution is 0.282. The van der Waals surface area contributed by atoms with E-state index in [-0.39, 0.29) is 0 Å². The molecule has 0 saturated heterocycles. The van der Waals surface area contributed by atoms with Crippen LogP contribution in [0.1, 0.15) is 51.6 Å². The summed E-state index contributed by atoms with van der Waals surface area (Å²) in [5.74, 6) is 2.81. The third kappa shape index (κ3) is 3.43. The van der Waals surface area contributed by atoms with Crippen molar-refractivity contribution in [3.8, 4) is 0 Å². The van der Waals surface area contributed by atoms with Gasteiger partial charge in [0.1, 0.15) is 5.82 Å². The van der Waals surface area contributed by atoms with E-state index in [4.69, 9.17) is 5.73 Å². The van der Waals surface area contributed by atoms with Gasteiger partial charge in [-0.2, -0.15) is 5.10 Å². The van der Waals surface area contributed by atoms with Crippen LogP contribution in [0.3, 0.4) is 0 Å². The minimum absolute atomic E-state index is 0.822. The van der Waals surface area contributed by atoms with Crippen molar-refractivity contribution < 1.29 is 0 Å². The average molecular weight is 264 g/mol. The number of hydrogen-bond donors (Lipinski definition) is 2. The Morgan fingerprint density at radius 3 is 2.58 bits per heavy atom. The van der Waals surface area contributed by atoms with Crippen LogP contribution in [-0.2, 0) is 13.5 Å². The largest absolute Gasteiger partial charge is 0.394 e. The molecule has 0 bridgehead atoms. The maximum Gasteiger partial charge on any atom is 0.147 e. The van der Waals surface area contributed by atoms with E-state index >= 15 is 0 Å². The summed E-state index contributed by atoms with van der Waals surface area (Å²) >= 11 is 0. The predicted octanol–water partition coefficient (Wildman–Crippen LogP) is 3.19. The number of nitrogen functional groups attached to an aromatic ring is 1. The zero-order chi connectivity index (χ0) is 13.8. The second kappa shape index (κ2) is 6.31. The normalized spacial score (nSPS) is 23.5. The van der Waals surface area contributed by atoms with Gasteiger partial charge < -0.3 is 11.1 Å². The van der Waals surface area contributed by atoms with E-state index in [9.17, 15) is 0 Å². The van der Waals surface area contributed by atoms with Gasteiger partial charge in [-0.3, -0.25) is 4.68 Å². The highest BCUT2D eigenvalue weighted by Gasteiger charge is 2.18. The summed E-state index contributed by atoms with van der Waals surface area (Å²) in [4.78, 5) is 0. The fraction of sp³-hybridized carbons (Fsp3) is 0.800. The van der Waals surface area contributed by atoms with Gasteiger partial charge >= 0.3 is 0 Å². The summed E-state index contributed by atoms with van der Waals surface area (Å²) in [5.41, 5.74) is 7.92. The number of anilines is 2. The van der Waals surface area contributed by atoms with Crippen molar-refractivity contribution in [2.24, 2.45) is 18.9 Å². The molecule has 1 aromatic rings. The van der Waals surface area contributed by atoms with Crippen molar-refractivity contribution >= 4 is 11.5 Å². The Bertz CT molecular complexity index is 403. The van der Waals surface area contributed by atoms with Gasteiger partial charge in [-0.05, 0) is 24.7 Å². The van der Waals surface area contributed by atoms with Gasteiger partial charge in [-0.1, -0.05) is 39.5 Å². The molecule has 108 valence electrons. The van der Waals surface area contributed by atoms with Crippen molar-refractivity contribution in [1.29, 1.82) is 0 Å². The molecule has 1 aliphatic carbocycles. The Morgan fingerprint density at radius 2 is 2.00 bits per heavy atom. The van der Waals surface area contributed by atoms with Crippen molar-refractivity contribution in [2.75, 3.05) is 17.6 Å². The monoisotopic (exact) mass is 264 g/mol. The minimum atomic E-state index is 0.822. The Kier molecular flexibility index (Phi) is 4.72. The Labute approximate surface area is 116 Å². The number of aryl methyl sites for hydroxylation is 2. The van der Waals surface area contributed by atoms with Crippen molar-refractivity contribution in [1.82, 2.24) is 9.78 Å². The summed E-state index contributed by atoms with van der Waals surface area (Å²) in [5, 5.41) is 7.90. The first kappa shape index (κ1) is 14.2. The Balaban J connectivity index is 1.81. The van der Waals surface area contributed by atoms with E-state index in [1.165, 1.54) is 32.1 Å². The first-order valence-electron chi connectivity index (χ1n) is 7.67. The van der Waals surface area contributed by atoms with Crippen molar-refractivity contribution in [2.45, 2.75) is 52.4 Å². The van der Waals surface area contributed by atoms with E-state index in [0.717, 1.165) is 42.0 Å². The third-order valence-electron chi connectivity index (χ3n) is 4.48.